The van der Waals surface area contributed by atoms with Crippen LogP contribution in [0.4, 0.5) is 5.13 Å². The van der Waals surface area contributed by atoms with Crippen molar-refractivity contribution in [2.75, 3.05) is 31.1 Å². The summed E-state index contributed by atoms with van der Waals surface area (Å²) in [6, 6.07) is 0.641. The molecule has 19 heavy (non-hydrogen) atoms. The van der Waals surface area contributed by atoms with Crippen molar-refractivity contribution in [3.05, 3.63) is 10.0 Å². The van der Waals surface area contributed by atoms with Crippen molar-refractivity contribution in [3.63, 3.8) is 0 Å². The summed E-state index contributed by atoms with van der Waals surface area (Å²) in [5.41, 5.74) is 0. The topological polar surface area (TPSA) is 36.4 Å². The maximum absolute atomic E-state index is 10.8. The average Bonchev–Trinajstić information content (AvgIpc) is 3.06. The third kappa shape index (κ3) is 2.78. The van der Waals surface area contributed by atoms with Gasteiger partial charge in [-0.1, -0.05) is 29.4 Å². The fourth-order valence-electron chi connectivity index (χ4n) is 3.01. The van der Waals surface area contributed by atoms with Gasteiger partial charge in [0, 0.05) is 19.1 Å². The van der Waals surface area contributed by atoms with Gasteiger partial charge in [-0.05, 0) is 32.4 Å². The average molecular weight is 300 g/mol. The van der Waals surface area contributed by atoms with Crippen LogP contribution in [0.15, 0.2) is 0 Å². The lowest BCUT2D eigenvalue weighted by atomic mass is 10.1. The Morgan fingerprint density at radius 2 is 2.05 bits per heavy atom. The molecule has 0 spiro atoms. The van der Waals surface area contributed by atoms with Crippen LogP contribution < -0.4 is 4.90 Å². The number of rotatable bonds is 3. The minimum Gasteiger partial charge on any atom is -0.346 e. The van der Waals surface area contributed by atoms with Crippen LogP contribution in [0, 0.1) is 0 Å². The van der Waals surface area contributed by atoms with Gasteiger partial charge in [-0.3, -0.25) is 9.69 Å². The van der Waals surface area contributed by atoms with Crippen molar-refractivity contribution >= 4 is 34.4 Å². The molecule has 104 valence electrons. The molecule has 1 unspecified atom stereocenters. The Labute approximate surface area is 122 Å². The maximum Gasteiger partial charge on any atom is 0.187 e. The van der Waals surface area contributed by atoms with Crippen LogP contribution in [0.2, 0.25) is 5.15 Å². The van der Waals surface area contributed by atoms with Gasteiger partial charge in [0.1, 0.15) is 4.88 Å². The van der Waals surface area contributed by atoms with Crippen LogP contribution in [0.25, 0.3) is 0 Å². The van der Waals surface area contributed by atoms with E-state index in [9.17, 15) is 4.79 Å². The molecule has 1 aromatic heterocycles. The Morgan fingerprint density at radius 1 is 1.26 bits per heavy atom. The Hall–Kier alpha value is -0.650. The van der Waals surface area contributed by atoms with Crippen molar-refractivity contribution in [1.82, 2.24) is 9.88 Å². The van der Waals surface area contributed by atoms with Crippen molar-refractivity contribution in [1.29, 1.82) is 0 Å². The molecule has 0 radical (unpaired) electrons. The molecule has 2 saturated heterocycles. The molecule has 2 fully saturated rings. The Morgan fingerprint density at radius 3 is 2.74 bits per heavy atom. The molecule has 6 heteroatoms. The zero-order valence-electron chi connectivity index (χ0n) is 10.8. The molecular formula is C13H18ClN3OS. The number of aldehydes is 1. The summed E-state index contributed by atoms with van der Waals surface area (Å²) in [6.45, 7) is 4.50. The van der Waals surface area contributed by atoms with E-state index in [4.69, 9.17) is 11.6 Å². The SMILES string of the molecule is O=Cc1sc(N2CCC(N3CCCCC3)C2)nc1Cl. The summed E-state index contributed by atoms with van der Waals surface area (Å²) in [4.78, 5) is 20.5. The number of nitrogens with zero attached hydrogens (tertiary/aromatic N) is 3. The Bertz CT molecular complexity index is 459. The van der Waals surface area contributed by atoms with Gasteiger partial charge in [0.2, 0.25) is 0 Å². The second-order valence-electron chi connectivity index (χ2n) is 5.25. The van der Waals surface area contributed by atoms with Gasteiger partial charge in [0.05, 0.1) is 0 Å². The van der Waals surface area contributed by atoms with E-state index in [0.717, 1.165) is 24.5 Å². The lowest BCUT2D eigenvalue weighted by Crippen LogP contribution is -2.40. The largest absolute Gasteiger partial charge is 0.346 e. The number of carbonyl (C=O) groups excluding carboxylic acids is 1. The zero-order valence-corrected chi connectivity index (χ0v) is 12.4. The summed E-state index contributed by atoms with van der Waals surface area (Å²) >= 11 is 7.34. The molecule has 1 aromatic rings. The van der Waals surface area contributed by atoms with Crippen LogP contribution in [-0.4, -0.2) is 48.4 Å². The monoisotopic (exact) mass is 299 g/mol. The summed E-state index contributed by atoms with van der Waals surface area (Å²) in [5.74, 6) is 0. The van der Waals surface area contributed by atoms with Crippen molar-refractivity contribution in [2.24, 2.45) is 0 Å². The molecule has 0 aliphatic carbocycles. The number of hydrogen-bond donors (Lipinski definition) is 0. The highest BCUT2D eigenvalue weighted by Crippen LogP contribution is 2.31. The van der Waals surface area contributed by atoms with Crippen LogP contribution in [0.1, 0.15) is 35.4 Å². The molecule has 0 N–H and O–H groups in total. The van der Waals surface area contributed by atoms with Crippen molar-refractivity contribution in [3.8, 4) is 0 Å². The highest BCUT2D eigenvalue weighted by molar-refractivity contribution is 7.17. The fraction of sp³-hybridized carbons (Fsp3) is 0.692. The summed E-state index contributed by atoms with van der Waals surface area (Å²) in [6.07, 6.45) is 6.01. The first kappa shape index (κ1) is 13.3. The van der Waals surface area contributed by atoms with Gasteiger partial charge < -0.3 is 4.90 Å². The van der Waals surface area contributed by atoms with Gasteiger partial charge in [0.15, 0.2) is 16.6 Å². The normalized spacial score (nSPS) is 24.9. The summed E-state index contributed by atoms with van der Waals surface area (Å²) < 4.78 is 0. The number of aromatic nitrogens is 1. The maximum atomic E-state index is 10.8. The lowest BCUT2D eigenvalue weighted by molar-refractivity contribution is 0.112. The van der Waals surface area contributed by atoms with E-state index in [-0.39, 0.29) is 0 Å². The van der Waals surface area contributed by atoms with E-state index < -0.39 is 0 Å². The van der Waals surface area contributed by atoms with E-state index in [0.29, 0.717) is 16.1 Å². The summed E-state index contributed by atoms with van der Waals surface area (Å²) in [7, 11) is 0. The third-order valence-corrected chi connectivity index (χ3v) is 5.49. The number of likely N-dealkylation sites (tertiary alicyclic amines) is 1. The molecule has 2 aliphatic rings. The van der Waals surface area contributed by atoms with Crippen molar-refractivity contribution < 1.29 is 4.79 Å². The molecule has 0 bridgehead atoms. The first-order valence-electron chi connectivity index (χ1n) is 6.88. The minimum absolute atomic E-state index is 0.344. The quantitative estimate of drug-likeness (QED) is 0.804. The van der Waals surface area contributed by atoms with Gasteiger partial charge in [-0.2, -0.15) is 0 Å². The Kier molecular flexibility index (Phi) is 4.05. The van der Waals surface area contributed by atoms with E-state index >= 15 is 0 Å². The van der Waals surface area contributed by atoms with Gasteiger partial charge in [0.25, 0.3) is 0 Å². The zero-order chi connectivity index (χ0) is 13.2. The standard InChI is InChI=1S/C13H18ClN3OS/c14-12-11(9-18)19-13(15-12)17-7-4-10(8-17)16-5-2-1-3-6-16/h9-10H,1-8H2. The van der Waals surface area contributed by atoms with Gasteiger partial charge in [-0.25, -0.2) is 4.98 Å². The molecule has 2 aliphatic heterocycles. The first-order valence-corrected chi connectivity index (χ1v) is 8.08. The van der Waals surface area contributed by atoms with E-state index in [1.807, 2.05) is 0 Å². The highest BCUT2D eigenvalue weighted by Gasteiger charge is 2.30. The molecule has 3 heterocycles. The molecule has 0 amide bonds. The molecule has 3 rings (SSSR count). The number of thiazole rings is 1. The predicted molar refractivity (Wildman–Crippen MR) is 78.6 cm³/mol. The molecule has 0 saturated carbocycles. The van der Waals surface area contributed by atoms with Crippen LogP contribution in [0.3, 0.4) is 0 Å². The number of piperidine rings is 1. The van der Waals surface area contributed by atoms with E-state index in [2.05, 4.69) is 14.8 Å². The molecule has 1 atom stereocenters. The van der Waals surface area contributed by atoms with Gasteiger partial charge >= 0.3 is 0 Å². The van der Waals surface area contributed by atoms with Crippen LogP contribution in [-0.2, 0) is 0 Å². The highest BCUT2D eigenvalue weighted by atomic mass is 35.5. The minimum atomic E-state index is 0.344. The van der Waals surface area contributed by atoms with Gasteiger partial charge in [-0.15, -0.1) is 0 Å². The van der Waals surface area contributed by atoms with E-state index in [1.54, 1.807) is 0 Å². The number of anilines is 1. The third-order valence-electron chi connectivity index (χ3n) is 4.05. The molecule has 4 nitrogen and oxygen atoms in total. The van der Waals surface area contributed by atoms with Crippen LogP contribution >= 0.6 is 22.9 Å². The number of carbonyl (C=O) groups is 1. The summed E-state index contributed by atoms with van der Waals surface area (Å²) in [5, 5.41) is 1.24. The van der Waals surface area contributed by atoms with Crippen LogP contribution in [0.5, 0.6) is 0 Å². The molecule has 0 aromatic carbocycles. The second-order valence-corrected chi connectivity index (χ2v) is 6.62. The lowest BCUT2D eigenvalue weighted by Gasteiger charge is -2.32. The molecular weight excluding hydrogens is 282 g/mol. The Balaban J connectivity index is 1.65. The van der Waals surface area contributed by atoms with Crippen molar-refractivity contribution in [2.45, 2.75) is 31.7 Å². The second kappa shape index (κ2) is 5.77. The first-order chi connectivity index (χ1) is 9.28. The number of halogens is 1. The number of hydrogen-bond acceptors (Lipinski definition) is 5. The van der Waals surface area contributed by atoms with E-state index in [1.165, 1.54) is 50.1 Å². The fourth-order valence-corrected chi connectivity index (χ4v) is 4.10. The predicted octanol–water partition coefficient (Wildman–Crippen LogP) is 2.67. The smallest absolute Gasteiger partial charge is 0.187 e.